The Balaban J connectivity index is 2.55. The minimum atomic E-state index is -0.212. The van der Waals surface area contributed by atoms with Crippen LogP contribution in [0.25, 0.3) is 0 Å². The number of hydrogen-bond donors (Lipinski definition) is 0. The van der Waals surface area contributed by atoms with E-state index >= 15 is 0 Å². The molecule has 0 bridgehead atoms. The Labute approximate surface area is 107 Å². The third-order valence-electron chi connectivity index (χ3n) is 2.14. The summed E-state index contributed by atoms with van der Waals surface area (Å²) in [5.41, 5.74) is 0.791. The van der Waals surface area contributed by atoms with Gasteiger partial charge in [0.25, 0.3) is 0 Å². The second kappa shape index (κ2) is 6.59. The molecule has 0 spiro atoms. The first-order valence-corrected chi connectivity index (χ1v) is 6.72. The Hall–Kier alpha value is -1.10. The second-order valence-corrected chi connectivity index (χ2v) is 5.21. The highest BCUT2D eigenvalue weighted by atomic mass is 32.1. The van der Waals surface area contributed by atoms with E-state index in [0.29, 0.717) is 12.5 Å². The maximum Gasteiger partial charge on any atom is 0.311 e. The Morgan fingerprint density at radius 1 is 1.59 bits per heavy atom. The fourth-order valence-electron chi connectivity index (χ4n) is 1.54. The van der Waals surface area contributed by atoms with Crippen molar-refractivity contribution in [3.05, 3.63) is 11.1 Å². The Bertz CT molecular complexity index is 363. The van der Waals surface area contributed by atoms with Gasteiger partial charge in [-0.2, -0.15) is 0 Å². The van der Waals surface area contributed by atoms with Crippen molar-refractivity contribution in [1.82, 2.24) is 4.98 Å². The van der Waals surface area contributed by atoms with E-state index < -0.39 is 0 Å². The molecule has 4 nitrogen and oxygen atoms in total. The molecule has 0 N–H and O–H groups in total. The SMILES string of the molecule is CCOC(=O)Cc1csc(N(C)CC(C)C)n1. The van der Waals surface area contributed by atoms with Gasteiger partial charge in [-0.3, -0.25) is 4.79 Å². The number of carbonyl (C=O) groups excluding carboxylic acids is 1. The van der Waals surface area contributed by atoms with E-state index in [1.807, 2.05) is 12.4 Å². The normalized spacial score (nSPS) is 10.6. The van der Waals surface area contributed by atoms with Crippen LogP contribution in [-0.4, -0.2) is 31.2 Å². The number of esters is 1. The topological polar surface area (TPSA) is 42.4 Å². The highest BCUT2D eigenvalue weighted by Gasteiger charge is 2.11. The number of thiazole rings is 1. The molecule has 17 heavy (non-hydrogen) atoms. The zero-order valence-electron chi connectivity index (χ0n) is 10.9. The second-order valence-electron chi connectivity index (χ2n) is 4.38. The molecule has 0 atom stereocenters. The van der Waals surface area contributed by atoms with E-state index in [1.54, 1.807) is 18.3 Å². The molecule has 1 aromatic rings. The molecule has 1 heterocycles. The summed E-state index contributed by atoms with van der Waals surface area (Å²) in [7, 11) is 2.02. The van der Waals surface area contributed by atoms with Crippen LogP contribution >= 0.6 is 11.3 Å². The lowest BCUT2D eigenvalue weighted by Gasteiger charge is -2.17. The van der Waals surface area contributed by atoms with E-state index in [-0.39, 0.29) is 12.4 Å². The van der Waals surface area contributed by atoms with Gasteiger partial charge < -0.3 is 9.64 Å². The van der Waals surface area contributed by atoms with Gasteiger partial charge in [0.15, 0.2) is 5.13 Å². The van der Waals surface area contributed by atoms with Crippen LogP contribution in [0.15, 0.2) is 5.38 Å². The van der Waals surface area contributed by atoms with Gasteiger partial charge in [-0.25, -0.2) is 4.98 Å². The molecule has 5 heteroatoms. The minimum Gasteiger partial charge on any atom is -0.466 e. The van der Waals surface area contributed by atoms with Crippen molar-refractivity contribution in [3.63, 3.8) is 0 Å². The van der Waals surface area contributed by atoms with Crippen molar-refractivity contribution in [2.24, 2.45) is 5.92 Å². The fourth-order valence-corrected chi connectivity index (χ4v) is 2.34. The summed E-state index contributed by atoms with van der Waals surface area (Å²) in [5, 5.41) is 2.88. The maximum atomic E-state index is 11.3. The van der Waals surface area contributed by atoms with Crippen LogP contribution in [0, 0.1) is 5.92 Å². The maximum absolute atomic E-state index is 11.3. The van der Waals surface area contributed by atoms with Gasteiger partial charge in [0, 0.05) is 19.0 Å². The van der Waals surface area contributed by atoms with Gasteiger partial charge in [-0.05, 0) is 12.8 Å². The van der Waals surface area contributed by atoms with E-state index in [1.165, 1.54) is 0 Å². The fraction of sp³-hybridized carbons (Fsp3) is 0.667. The molecule has 0 aliphatic heterocycles. The summed E-state index contributed by atoms with van der Waals surface area (Å²) >= 11 is 1.57. The average molecular weight is 256 g/mol. The first-order valence-electron chi connectivity index (χ1n) is 5.84. The lowest BCUT2D eigenvalue weighted by Crippen LogP contribution is -2.22. The molecule has 1 rings (SSSR count). The zero-order valence-corrected chi connectivity index (χ0v) is 11.7. The summed E-state index contributed by atoms with van der Waals surface area (Å²) in [6.07, 6.45) is 0.264. The van der Waals surface area contributed by atoms with Crippen LogP contribution in [0.2, 0.25) is 0 Å². The molecule has 0 saturated carbocycles. The molecule has 0 saturated heterocycles. The van der Waals surface area contributed by atoms with Gasteiger partial charge >= 0.3 is 5.97 Å². The summed E-state index contributed by atoms with van der Waals surface area (Å²) in [4.78, 5) is 17.8. The number of rotatable bonds is 6. The van der Waals surface area contributed by atoms with Crippen LogP contribution in [0.4, 0.5) is 5.13 Å². The van der Waals surface area contributed by atoms with Crippen molar-refractivity contribution in [2.75, 3.05) is 25.1 Å². The van der Waals surface area contributed by atoms with Gasteiger partial charge in [0.1, 0.15) is 0 Å². The van der Waals surface area contributed by atoms with Crippen molar-refractivity contribution in [3.8, 4) is 0 Å². The molecule has 0 aromatic carbocycles. The first kappa shape index (κ1) is 14.0. The Morgan fingerprint density at radius 3 is 2.88 bits per heavy atom. The highest BCUT2D eigenvalue weighted by molar-refractivity contribution is 7.13. The van der Waals surface area contributed by atoms with Crippen LogP contribution in [0.3, 0.4) is 0 Å². The monoisotopic (exact) mass is 256 g/mol. The molecule has 0 fully saturated rings. The molecular weight excluding hydrogens is 236 g/mol. The first-order chi connectivity index (χ1) is 8.02. The Morgan fingerprint density at radius 2 is 2.29 bits per heavy atom. The van der Waals surface area contributed by atoms with Gasteiger partial charge in [-0.15, -0.1) is 11.3 Å². The number of hydrogen-bond acceptors (Lipinski definition) is 5. The van der Waals surface area contributed by atoms with Crippen LogP contribution < -0.4 is 4.90 Å². The summed E-state index contributed by atoms with van der Waals surface area (Å²) < 4.78 is 4.89. The smallest absolute Gasteiger partial charge is 0.311 e. The van der Waals surface area contributed by atoms with Gasteiger partial charge in [0.2, 0.25) is 0 Å². The predicted octanol–water partition coefficient (Wildman–Crippen LogP) is 2.34. The molecule has 1 aromatic heterocycles. The van der Waals surface area contributed by atoms with Crippen LogP contribution in [-0.2, 0) is 16.0 Å². The predicted molar refractivity (Wildman–Crippen MR) is 70.6 cm³/mol. The Kier molecular flexibility index (Phi) is 5.41. The number of aromatic nitrogens is 1. The third kappa shape index (κ3) is 4.73. The molecule has 0 aliphatic carbocycles. The minimum absolute atomic E-state index is 0.212. The largest absolute Gasteiger partial charge is 0.466 e. The number of carbonyl (C=O) groups is 1. The molecular formula is C12H20N2O2S. The van der Waals surface area contributed by atoms with Crippen LogP contribution in [0.1, 0.15) is 26.5 Å². The number of nitrogens with zero attached hydrogens (tertiary/aromatic N) is 2. The zero-order chi connectivity index (χ0) is 12.8. The van der Waals surface area contributed by atoms with Crippen molar-refractivity contribution in [2.45, 2.75) is 27.2 Å². The molecule has 0 unspecified atom stereocenters. The number of anilines is 1. The average Bonchev–Trinajstić information content (AvgIpc) is 2.65. The molecule has 0 amide bonds. The molecule has 0 aliphatic rings. The quantitative estimate of drug-likeness (QED) is 0.733. The van der Waals surface area contributed by atoms with Crippen molar-refractivity contribution in [1.29, 1.82) is 0 Å². The summed E-state index contributed by atoms with van der Waals surface area (Å²) in [5.74, 6) is 0.383. The third-order valence-corrected chi connectivity index (χ3v) is 3.14. The lowest BCUT2D eigenvalue weighted by molar-refractivity contribution is -0.142. The van der Waals surface area contributed by atoms with Crippen LogP contribution in [0.5, 0.6) is 0 Å². The van der Waals surface area contributed by atoms with Gasteiger partial charge in [-0.1, -0.05) is 13.8 Å². The van der Waals surface area contributed by atoms with E-state index in [9.17, 15) is 4.79 Å². The highest BCUT2D eigenvalue weighted by Crippen LogP contribution is 2.20. The van der Waals surface area contributed by atoms with Gasteiger partial charge in [0.05, 0.1) is 18.7 Å². The van der Waals surface area contributed by atoms with Crippen molar-refractivity contribution >= 4 is 22.4 Å². The van der Waals surface area contributed by atoms with E-state index in [0.717, 1.165) is 17.4 Å². The standard InChI is InChI=1S/C12H20N2O2S/c1-5-16-11(15)6-10-8-17-12(13-10)14(4)7-9(2)3/h8-9H,5-7H2,1-4H3. The molecule has 96 valence electrons. The summed E-state index contributed by atoms with van der Waals surface area (Å²) in [6.45, 7) is 7.53. The van der Waals surface area contributed by atoms with E-state index in [4.69, 9.17) is 4.74 Å². The number of ether oxygens (including phenoxy) is 1. The lowest BCUT2D eigenvalue weighted by atomic mass is 10.2. The van der Waals surface area contributed by atoms with Crippen molar-refractivity contribution < 1.29 is 9.53 Å². The van der Waals surface area contributed by atoms with E-state index in [2.05, 4.69) is 23.7 Å². The summed E-state index contributed by atoms with van der Waals surface area (Å²) in [6, 6.07) is 0. The molecule has 0 radical (unpaired) electrons.